The van der Waals surface area contributed by atoms with E-state index in [1.54, 1.807) is 6.07 Å². The minimum Gasteiger partial charge on any atom is -0.484 e. The molecule has 1 aromatic carbocycles. The molecule has 0 N–H and O–H groups in total. The number of fused-ring (bicyclic) bond motifs is 2. The Morgan fingerprint density at radius 3 is 2.94 bits per heavy atom. The quantitative estimate of drug-likeness (QED) is 0.660. The molecule has 0 unspecified atom stereocenters. The van der Waals surface area contributed by atoms with Crippen molar-refractivity contribution in [3.63, 3.8) is 0 Å². The maximum atomic E-state index is 12.9. The number of likely N-dealkylation sites (tertiary alicyclic amines) is 1. The molecule has 4 heterocycles. The van der Waals surface area contributed by atoms with Crippen molar-refractivity contribution >= 4 is 16.9 Å². The summed E-state index contributed by atoms with van der Waals surface area (Å²) in [5.41, 5.74) is 0.895. The van der Waals surface area contributed by atoms with Crippen molar-refractivity contribution in [3.8, 4) is 5.75 Å². The summed E-state index contributed by atoms with van der Waals surface area (Å²) in [5, 5.41) is 0.895. The fourth-order valence-electron chi connectivity index (χ4n) is 5.88. The van der Waals surface area contributed by atoms with Gasteiger partial charge in [-0.3, -0.25) is 4.79 Å². The molecule has 3 saturated heterocycles. The number of hydrogen-bond donors (Lipinski definition) is 0. The molecule has 1 aromatic heterocycles. The van der Waals surface area contributed by atoms with Gasteiger partial charge >= 0.3 is 5.63 Å². The average molecular weight is 427 g/mol. The third kappa shape index (κ3) is 3.53. The van der Waals surface area contributed by atoms with E-state index in [0.29, 0.717) is 35.8 Å². The standard InChI is InChI=1S/C24H30N2O5/c1-4-15-9-23(28)30-21-10-16(5-6-17(15)21)29-13-22(27)26-12-19-18(11-25(2)3)20-7-8-24(19,14-26)31-20/h5-6,9-10,18-20H,4,7-8,11-14H2,1-3H3/t18-,19+,20+,24+/m1/s1. The number of hydrogen-bond acceptors (Lipinski definition) is 6. The van der Waals surface area contributed by atoms with E-state index in [4.69, 9.17) is 13.9 Å². The lowest BCUT2D eigenvalue weighted by molar-refractivity contribution is -0.133. The van der Waals surface area contributed by atoms with E-state index in [1.807, 2.05) is 24.0 Å². The first kappa shape index (κ1) is 20.5. The average Bonchev–Trinajstić information content (AvgIpc) is 3.40. The first-order chi connectivity index (χ1) is 14.9. The highest BCUT2D eigenvalue weighted by Gasteiger charge is 2.63. The number of carbonyl (C=O) groups excluding carboxylic acids is 1. The van der Waals surface area contributed by atoms with Crippen molar-refractivity contribution in [2.45, 2.75) is 37.9 Å². The van der Waals surface area contributed by atoms with Crippen LogP contribution in [0.5, 0.6) is 5.75 Å². The summed E-state index contributed by atoms with van der Waals surface area (Å²) < 4.78 is 17.5. The van der Waals surface area contributed by atoms with Crippen LogP contribution in [-0.2, 0) is 16.0 Å². The van der Waals surface area contributed by atoms with Crippen LogP contribution in [0.15, 0.2) is 33.5 Å². The molecule has 1 spiro atoms. The van der Waals surface area contributed by atoms with Gasteiger partial charge in [0.25, 0.3) is 5.91 Å². The molecule has 0 radical (unpaired) electrons. The van der Waals surface area contributed by atoms with Gasteiger partial charge in [-0.2, -0.15) is 0 Å². The van der Waals surface area contributed by atoms with Crippen LogP contribution < -0.4 is 10.4 Å². The molecule has 166 valence electrons. The summed E-state index contributed by atoms with van der Waals surface area (Å²) in [6, 6.07) is 6.92. The molecular formula is C24H30N2O5. The second-order valence-electron chi connectivity index (χ2n) is 9.46. The molecule has 0 saturated carbocycles. The summed E-state index contributed by atoms with van der Waals surface area (Å²) in [7, 11) is 4.19. The zero-order chi connectivity index (χ0) is 21.8. The fraction of sp³-hybridized carbons (Fsp3) is 0.583. The van der Waals surface area contributed by atoms with Gasteiger partial charge in [-0.05, 0) is 51.1 Å². The lowest BCUT2D eigenvalue weighted by Crippen LogP contribution is -2.40. The smallest absolute Gasteiger partial charge is 0.336 e. The van der Waals surface area contributed by atoms with Crippen LogP contribution in [0.4, 0.5) is 0 Å². The number of amides is 1. The van der Waals surface area contributed by atoms with Crippen LogP contribution in [0.25, 0.3) is 11.0 Å². The Bertz CT molecular complexity index is 1060. The molecule has 2 bridgehead atoms. The third-order valence-electron chi connectivity index (χ3n) is 7.26. The van der Waals surface area contributed by atoms with Crippen molar-refractivity contribution in [2.75, 3.05) is 40.3 Å². The number of rotatable bonds is 6. The molecule has 31 heavy (non-hydrogen) atoms. The highest BCUT2D eigenvalue weighted by molar-refractivity contribution is 5.82. The van der Waals surface area contributed by atoms with Crippen molar-refractivity contribution < 1.29 is 18.7 Å². The van der Waals surface area contributed by atoms with E-state index in [9.17, 15) is 9.59 Å². The monoisotopic (exact) mass is 426 g/mol. The van der Waals surface area contributed by atoms with Crippen molar-refractivity contribution in [1.29, 1.82) is 0 Å². The van der Waals surface area contributed by atoms with Gasteiger partial charge in [0.05, 0.1) is 18.2 Å². The third-order valence-corrected chi connectivity index (χ3v) is 7.26. The van der Waals surface area contributed by atoms with Crippen LogP contribution in [0, 0.1) is 11.8 Å². The minimum absolute atomic E-state index is 0.0247. The van der Waals surface area contributed by atoms with Gasteiger partial charge in [-0.15, -0.1) is 0 Å². The van der Waals surface area contributed by atoms with Crippen LogP contribution >= 0.6 is 0 Å². The number of aryl methyl sites for hydroxylation is 1. The Hall–Kier alpha value is -2.38. The zero-order valence-corrected chi connectivity index (χ0v) is 18.4. The van der Waals surface area contributed by atoms with Crippen molar-refractivity contribution in [1.82, 2.24) is 9.80 Å². The van der Waals surface area contributed by atoms with Crippen LogP contribution in [0.3, 0.4) is 0 Å². The molecular weight excluding hydrogens is 396 g/mol. The molecule has 7 nitrogen and oxygen atoms in total. The predicted molar refractivity (Wildman–Crippen MR) is 116 cm³/mol. The lowest BCUT2D eigenvalue weighted by Gasteiger charge is -2.30. The van der Waals surface area contributed by atoms with Gasteiger partial charge in [0.2, 0.25) is 0 Å². The Morgan fingerprint density at radius 1 is 1.32 bits per heavy atom. The topological polar surface area (TPSA) is 72.2 Å². The number of carbonyl (C=O) groups is 1. The highest BCUT2D eigenvalue weighted by Crippen LogP contribution is 2.54. The van der Waals surface area contributed by atoms with E-state index < -0.39 is 0 Å². The molecule has 2 aromatic rings. The van der Waals surface area contributed by atoms with Crippen LogP contribution in [0.1, 0.15) is 25.3 Å². The van der Waals surface area contributed by atoms with Gasteiger partial charge in [-0.1, -0.05) is 6.92 Å². The molecule has 1 amide bonds. The summed E-state index contributed by atoms with van der Waals surface area (Å²) >= 11 is 0. The van der Waals surface area contributed by atoms with E-state index in [1.165, 1.54) is 6.07 Å². The predicted octanol–water partition coefficient (Wildman–Crippen LogP) is 2.30. The molecule has 3 fully saturated rings. The number of nitrogens with zero attached hydrogens (tertiary/aromatic N) is 2. The molecule has 5 rings (SSSR count). The second kappa shape index (κ2) is 7.64. The maximum absolute atomic E-state index is 12.9. The number of benzene rings is 1. The number of ether oxygens (including phenoxy) is 2. The fourth-order valence-corrected chi connectivity index (χ4v) is 5.88. The first-order valence-corrected chi connectivity index (χ1v) is 11.2. The molecule has 4 atom stereocenters. The van der Waals surface area contributed by atoms with E-state index in [2.05, 4.69) is 19.0 Å². The Kier molecular flexibility index (Phi) is 5.06. The van der Waals surface area contributed by atoms with Crippen molar-refractivity contribution in [2.24, 2.45) is 11.8 Å². The van der Waals surface area contributed by atoms with E-state index >= 15 is 0 Å². The van der Waals surface area contributed by atoms with Crippen LogP contribution in [-0.4, -0.2) is 67.7 Å². The largest absolute Gasteiger partial charge is 0.484 e. The lowest BCUT2D eigenvalue weighted by atomic mass is 9.73. The highest BCUT2D eigenvalue weighted by atomic mass is 16.5. The van der Waals surface area contributed by atoms with Gasteiger partial charge in [0.15, 0.2) is 6.61 Å². The molecule has 7 heteroatoms. The molecule has 3 aliphatic heterocycles. The van der Waals surface area contributed by atoms with E-state index in [-0.39, 0.29) is 23.7 Å². The molecule has 0 aliphatic carbocycles. The van der Waals surface area contributed by atoms with Gasteiger partial charge in [-0.25, -0.2) is 4.79 Å². The maximum Gasteiger partial charge on any atom is 0.336 e. The summed E-state index contributed by atoms with van der Waals surface area (Å²) in [6.07, 6.45) is 3.22. The molecule has 3 aliphatic rings. The summed E-state index contributed by atoms with van der Waals surface area (Å²) in [4.78, 5) is 28.8. The Balaban J connectivity index is 1.26. The van der Waals surface area contributed by atoms with Crippen LogP contribution in [0.2, 0.25) is 0 Å². The Morgan fingerprint density at radius 2 is 2.16 bits per heavy atom. The summed E-state index contributed by atoms with van der Waals surface area (Å²) in [5.74, 6) is 1.39. The zero-order valence-electron chi connectivity index (χ0n) is 18.4. The minimum atomic E-state index is -0.373. The van der Waals surface area contributed by atoms with E-state index in [0.717, 1.165) is 43.3 Å². The SMILES string of the molecule is CCc1cc(=O)oc2cc(OCC(=O)N3C[C@H]4[C@@H](CN(C)C)[C@@H]5CC[C@@]4(C3)O5)ccc12. The van der Waals surface area contributed by atoms with Gasteiger partial charge in [0, 0.05) is 42.4 Å². The van der Waals surface area contributed by atoms with Gasteiger partial charge < -0.3 is 23.7 Å². The first-order valence-electron chi connectivity index (χ1n) is 11.2. The van der Waals surface area contributed by atoms with Gasteiger partial charge in [0.1, 0.15) is 11.3 Å². The second-order valence-corrected chi connectivity index (χ2v) is 9.46. The van der Waals surface area contributed by atoms with Crippen molar-refractivity contribution in [3.05, 3.63) is 40.2 Å². The summed E-state index contributed by atoms with van der Waals surface area (Å²) in [6.45, 7) is 4.36. The normalized spacial score (nSPS) is 29.2. The Labute approximate surface area is 181 Å².